The first-order chi connectivity index (χ1) is 13.4. The summed E-state index contributed by atoms with van der Waals surface area (Å²) < 4.78 is 9.84. The molecule has 1 aliphatic rings. The van der Waals surface area contributed by atoms with Crippen LogP contribution in [0.3, 0.4) is 0 Å². The Balaban J connectivity index is 1.66. The quantitative estimate of drug-likeness (QED) is 0.565. The van der Waals surface area contributed by atoms with Gasteiger partial charge in [-0.15, -0.1) is 11.3 Å². The van der Waals surface area contributed by atoms with Crippen molar-refractivity contribution < 1.29 is 28.7 Å². The van der Waals surface area contributed by atoms with Crippen LogP contribution in [-0.4, -0.2) is 42.3 Å². The Morgan fingerprint density at radius 2 is 1.93 bits per heavy atom. The molecule has 2 aromatic rings. The molecule has 0 spiro atoms. The van der Waals surface area contributed by atoms with Crippen LogP contribution in [0.25, 0.3) is 0 Å². The SMILES string of the molecule is COC(=O)c1c(NC(=O)COC(=O)c2cc(C(C)=O)c[nH]2)sc2c1CCCC2. The molecule has 0 bridgehead atoms. The molecule has 2 aromatic heterocycles. The molecule has 1 aliphatic carbocycles. The second kappa shape index (κ2) is 8.39. The fraction of sp³-hybridized carbons (Fsp3) is 0.368. The summed E-state index contributed by atoms with van der Waals surface area (Å²) in [6.07, 6.45) is 5.05. The van der Waals surface area contributed by atoms with E-state index in [1.807, 2.05) is 0 Å². The van der Waals surface area contributed by atoms with E-state index in [4.69, 9.17) is 9.47 Å². The minimum atomic E-state index is -0.749. The Labute approximate surface area is 165 Å². The number of ketones is 1. The number of aromatic nitrogens is 1. The van der Waals surface area contributed by atoms with Crippen LogP contribution in [0.15, 0.2) is 12.3 Å². The fourth-order valence-electron chi connectivity index (χ4n) is 3.06. The number of thiophene rings is 1. The Morgan fingerprint density at radius 3 is 2.61 bits per heavy atom. The monoisotopic (exact) mass is 404 g/mol. The smallest absolute Gasteiger partial charge is 0.355 e. The van der Waals surface area contributed by atoms with Crippen LogP contribution in [-0.2, 0) is 27.1 Å². The third kappa shape index (κ3) is 4.14. The number of ether oxygens (including phenoxy) is 2. The van der Waals surface area contributed by atoms with Crippen LogP contribution >= 0.6 is 11.3 Å². The van der Waals surface area contributed by atoms with Crippen molar-refractivity contribution in [2.75, 3.05) is 19.0 Å². The molecule has 148 valence electrons. The van der Waals surface area contributed by atoms with Gasteiger partial charge in [0.15, 0.2) is 12.4 Å². The number of hydrogen-bond acceptors (Lipinski definition) is 7. The van der Waals surface area contributed by atoms with Crippen LogP contribution in [0.1, 0.15) is 61.4 Å². The number of amides is 1. The van der Waals surface area contributed by atoms with Crippen LogP contribution in [0.4, 0.5) is 5.00 Å². The van der Waals surface area contributed by atoms with Gasteiger partial charge in [-0.05, 0) is 44.2 Å². The number of rotatable bonds is 6. The van der Waals surface area contributed by atoms with Gasteiger partial charge in [0, 0.05) is 16.6 Å². The van der Waals surface area contributed by atoms with Crippen molar-refractivity contribution in [2.45, 2.75) is 32.6 Å². The number of carbonyl (C=O) groups excluding carboxylic acids is 4. The van der Waals surface area contributed by atoms with Crippen LogP contribution in [0, 0.1) is 0 Å². The number of hydrogen-bond donors (Lipinski definition) is 2. The van der Waals surface area contributed by atoms with Crippen LogP contribution in [0.2, 0.25) is 0 Å². The summed E-state index contributed by atoms with van der Waals surface area (Å²) >= 11 is 1.35. The van der Waals surface area contributed by atoms with Crippen molar-refractivity contribution in [1.82, 2.24) is 4.98 Å². The van der Waals surface area contributed by atoms with E-state index < -0.39 is 24.5 Å². The first-order valence-electron chi connectivity index (χ1n) is 8.80. The van der Waals surface area contributed by atoms with E-state index in [1.165, 1.54) is 37.6 Å². The van der Waals surface area contributed by atoms with Gasteiger partial charge < -0.3 is 19.8 Å². The van der Waals surface area contributed by atoms with Gasteiger partial charge in [-0.2, -0.15) is 0 Å². The van der Waals surface area contributed by atoms with Crippen molar-refractivity contribution in [2.24, 2.45) is 0 Å². The third-order valence-electron chi connectivity index (χ3n) is 4.46. The highest BCUT2D eigenvalue weighted by Gasteiger charge is 2.27. The predicted molar refractivity (Wildman–Crippen MR) is 102 cm³/mol. The van der Waals surface area contributed by atoms with E-state index in [9.17, 15) is 19.2 Å². The van der Waals surface area contributed by atoms with Gasteiger partial charge in [-0.1, -0.05) is 0 Å². The van der Waals surface area contributed by atoms with Gasteiger partial charge in [0.1, 0.15) is 10.7 Å². The average Bonchev–Trinajstić information content (AvgIpc) is 3.30. The standard InChI is InChI=1S/C19H20N2O6S/c1-10(22)11-7-13(20-8-11)18(24)27-9-15(23)21-17-16(19(25)26-2)12-5-3-4-6-14(12)28-17/h7-8,20H,3-6,9H2,1-2H3,(H,21,23). The van der Waals surface area contributed by atoms with Gasteiger partial charge in [0.05, 0.1) is 12.7 Å². The molecule has 8 nitrogen and oxygen atoms in total. The number of esters is 2. The molecular formula is C19H20N2O6S. The number of anilines is 1. The molecule has 0 saturated carbocycles. The number of Topliss-reactive ketones (excluding diaryl/α,β-unsaturated/α-hetero) is 1. The van der Waals surface area contributed by atoms with E-state index >= 15 is 0 Å². The van der Waals surface area contributed by atoms with E-state index in [2.05, 4.69) is 10.3 Å². The van der Waals surface area contributed by atoms with Crippen LogP contribution < -0.4 is 5.32 Å². The van der Waals surface area contributed by atoms with E-state index in [1.54, 1.807) is 0 Å². The van der Waals surface area contributed by atoms with Gasteiger partial charge >= 0.3 is 11.9 Å². The zero-order valence-corrected chi connectivity index (χ0v) is 16.4. The summed E-state index contributed by atoms with van der Waals surface area (Å²) in [5, 5.41) is 3.07. The molecule has 0 aliphatic heterocycles. The molecule has 2 N–H and O–H groups in total. The normalized spacial score (nSPS) is 12.8. The summed E-state index contributed by atoms with van der Waals surface area (Å²) in [5.74, 6) is -1.99. The van der Waals surface area contributed by atoms with Gasteiger partial charge in [0.2, 0.25) is 0 Å². The number of H-pyrrole nitrogens is 1. The maximum Gasteiger partial charge on any atom is 0.355 e. The second-order valence-corrected chi connectivity index (χ2v) is 7.49. The number of nitrogens with one attached hydrogen (secondary N) is 2. The lowest BCUT2D eigenvalue weighted by molar-refractivity contribution is -0.119. The minimum absolute atomic E-state index is 0.0832. The van der Waals surface area contributed by atoms with E-state index in [-0.39, 0.29) is 11.5 Å². The molecule has 0 fully saturated rings. The van der Waals surface area contributed by atoms with E-state index in [0.717, 1.165) is 36.1 Å². The highest BCUT2D eigenvalue weighted by Crippen LogP contribution is 2.38. The molecule has 9 heteroatoms. The summed E-state index contributed by atoms with van der Waals surface area (Å²) in [5.41, 5.74) is 1.75. The molecule has 28 heavy (non-hydrogen) atoms. The Morgan fingerprint density at radius 1 is 1.18 bits per heavy atom. The Bertz CT molecular complexity index is 942. The Hall–Kier alpha value is -2.94. The van der Waals surface area contributed by atoms with Crippen LogP contribution in [0.5, 0.6) is 0 Å². The number of fused-ring (bicyclic) bond motifs is 1. The maximum atomic E-state index is 12.2. The maximum absolute atomic E-state index is 12.2. The third-order valence-corrected chi connectivity index (χ3v) is 5.66. The van der Waals surface area contributed by atoms with Gasteiger partial charge in [-0.3, -0.25) is 9.59 Å². The predicted octanol–water partition coefficient (Wildman–Crippen LogP) is 2.74. The zero-order valence-electron chi connectivity index (χ0n) is 15.5. The summed E-state index contributed by atoms with van der Waals surface area (Å²) in [6.45, 7) is 0.863. The van der Waals surface area contributed by atoms with Crippen molar-refractivity contribution in [3.05, 3.63) is 39.5 Å². The number of aromatic amines is 1. The fourth-order valence-corrected chi connectivity index (χ4v) is 4.35. The lowest BCUT2D eigenvalue weighted by Gasteiger charge is -2.11. The molecule has 0 saturated heterocycles. The molecule has 2 heterocycles. The average molecular weight is 404 g/mol. The number of carbonyl (C=O) groups is 4. The van der Waals surface area contributed by atoms with E-state index in [0.29, 0.717) is 16.1 Å². The largest absolute Gasteiger partial charge is 0.465 e. The highest BCUT2D eigenvalue weighted by atomic mass is 32.1. The molecule has 0 atom stereocenters. The highest BCUT2D eigenvalue weighted by molar-refractivity contribution is 7.17. The molecule has 1 amide bonds. The van der Waals surface area contributed by atoms with Crippen molar-refractivity contribution in [3.63, 3.8) is 0 Å². The van der Waals surface area contributed by atoms with Crippen molar-refractivity contribution in [1.29, 1.82) is 0 Å². The molecule has 0 aromatic carbocycles. The first kappa shape index (κ1) is 19.8. The van der Waals surface area contributed by atoms with Crippen molar-refractivity contribution in [3.8, 4) is 0 Å². The molecule has 0 unspecified atom stereocenters. The summed E-state index contributed by atoms with van der Waals surface area (Å²) in [4.78, 5) is 51.4. The summed E-state index contributed by atoms with van der Waals surface area (Å²) in [7, 11) is 1.30. The lowest BCUT2D eigenvalue weighted by Crippen LogP contribution is -2.22. The van der Waals surface area contributed by atoms with Gasteiger partial charge in [0.25, 0.3) is 5.91 Å². The molecular weight excluding hydrogens is 384 g/mol. The van der Waals surface area contributed by atoms with Crippen molar-refractivity contribution >= 4 is 40.0 Å². The minimum Gasteiger partial charge on any atom is -0.465 e. The number of methoxy groups -OCH3 is 1. The molecule has 0 radical (unpaired) electrons. The molecule has 3 rings (SSSR count). The van der Waals surface area contributed by atoms with Gasteiger partial charge in [-0.25, -0.2) is 9.59 Å². The first-order valence-corrected chi connectivity index (χ1v) is 9.61. The summed E-state index contributed by atoms with van der Waals surface area (Å²) in [6, 6.07) is 1.37. The zero-order chi connectivity index (χ0) is 20.3. The second-order valence-electron chi connectivity index (χ2n) is 6.39. The number of aryl methyl sites for hydroxylation is 1. The lowest BCUT2D eigenvalue weighted by atomic mass is 9.95. The topological polar surface area (TPSA) is 115 Å². The Kier molecular flexibility index (Phi) is 5.93.